The Kier molecular flexibility index (Phi) is 5.80. The molecule has 1 aliphatic carbocycles. The summed E-state index contributed by atoms with van der Waals surface area (Å²) >= 11 is 0. The number of aromatic nitrogens is 4. The molecule has 1 saturated carbocycles. The maximum absolute atomic E-state index is 6.28. The van der Waals surface area contributed by atoms with Crippen molar-refractivity contribution in [1.29, 1.82) is 0 Å². The first kappa shape index (κ1) is 19.9. The van der Waals surface area contributed by atoms with Crippen LogP contribution in [0, 0.1) is 0 Å². The Balaban J connectivity index is 1.16. The molecule has 0 bridgehead atoms. The van der Waals surface area contributed by atoms with Crippen LogP contribution in [0.3, 0.4) is 0 Å². The van der Waals surface area contributed by atoms with Crippen LogP contribution in [0.25, 0.3) is 11.0 Å². The number of fused-ring (bicyclic) bond motifs is 1. The summed E-state index contributed by atoms with van der Waals surface area (Å²) in [5.74, 6) is 1.94. The first-order chi connectivity index (χ1) is 15.2. The fourth-order valence-corrected chi connectivity index (χ4v) is 4.49. The van der Waals surface area contributed by atoms with Crippen LogP contribution in [-0.4, -0.2) is 45.3 Å². The molecular formula is C23H28N6O2. The molecule has 0 amide bonds. The van der Waals surface area contributed by atoms with E-state index in [0.717, 1.165) is 62.8 Å². The maximum Gasteiger partial charge on any atom is 0.222 e. The zero-order valence-corrected chi connectivity index (χ0v) is 17.5. The molecule has 1 saturated heterocycles. The van der Waals surface area contributed by atoms with Crippen LogP contribution < -0.4 is 15.8 Å². The molecule has 1 aliphatic heterocycles. The number of ether oxygens (including phenoxy) is 2. The van der Waals surface area contributed by atoms with Gasteiger partial charge in [0.1, 0.15) is 11.3 Å². The number of hydrogen-bond donors (Lipinski definition) is 2. The van der Waals surface area contributed by atoms with Crippen LogP contribution in [0.4, 0.5) is 11.6 Å². The molecule has 0 radical (unpaired) electrons. The second-order valence-corrected chi connectivity index (χ2v) is 8.41. The summed E-state index contributed by atoms with van der Waals surface area (Å²) in [7, 11) is 0. The number of anilines is 2. The van der Waals surface area contributed by atoms with E-state index in [-0.39, 0.29) is 6.10 Å². The van der Waals surface area contributed by atoms with Gasteiger partial charge >= 0.3 is 0 Å². The molecule has 1 aromatic carbocycles. The zero-order valence-electron chi connectivity index (χ0n) is 17.5. The Morgan fingerprint density at radius 3 is 2.42 bits per heavy atom. The van der Waals surface area contributed by atoms with Gasteiger partial charge in [0.25, 0.3) is 0 Å². The molecule has 3 aromatic rings. The number of nitrogens with one attached hydrogen (secondary N) is 1. The van der Waals surface area contributed by atoms with Gasteiger partial charge < -0.3 is 20.5 Å². The van der Waals surface area contributed by atoms with Gasteiger partial charge in [0, 0.05) is 55.8 Å². The molecule has 3 heterocycles. The van der Waals surface area contributed by atoms with E-state index < -0.39 is 0 Å². The average Bonchev–Trinajstić information content (AvgIpc) is 2.81. The number of benzene rings is 1. The van der Waals surface area contributed by atoms with E-state index in [0.29, 0.717) is 29.3 Å². The summed E-state index contributed by atoms with van der Waals surface area (Å²) in [5, 5.41) is 3.49. The highest BCUT2D eigenvalue weighted by atomic mass is 16.5. The summed E-state index contributed by atoms with van der Waals surface area (Å²) in [5.41, 5.74) is 9.39. The predicted molar refractivity (Wildman–Crippen MR) is 119 cm³/mol. The van der Waals surface area contributed by atoms with Crippen LogP contribution in [-0.2, 0) is 4.74 Å². The molecule has 0 spiro atoms. The average molecular weight is 421 g/mol. The van der Waals surface area contributed by atoms with Crippen LogP contribution in [0.15, 0.2) is 36.9 Å². The molecule has 3 N–H and O–H groups in total. The topological polar surface area (TPSA) is 108 Å². The minimum Gasteiger partial charge on any atom is -0.488 e. The van der Waals surface area contributed by atoms with Crippen LogP contribution in [0.2, 0.25) is 0 Å². The largest absolute Gasteiger partial charge is 0.488 e. The highest BCUT2D eigenvalue weighted by molar-refractivity contribution is 5.84. The van der Waals surface area contributed by atoms with Crippen molar-refractivity contribution in [3.63, 3.8) is 0 Å². The van der Waals surface area contributed by atoms with E-state index in [1.54, 1.807) is 12.4 Å². The van der Waals surface area contributed by atoms with Crippen molar-refractivity contribution in [2.24, 2.45) is 0 Å². The van der Waals surface area contributed by atoms with Crippen molar-refractivity contribution in [3.8, 4) is 5.75 Å². The standard InChI is InChI=1S/C23H28N6O2/c24-17-11-20-22(26-8-7-25-20)21(12-17)31-19-3-1-18(2-4-19)29-23-27-13-16(14-28-23)15-5-9-30-10-6-15/h7-8,11-15,18-19H,1-6,9-10,24H2,(H,27,28,29). The molecule has 5 rings (SSSR count). The van der Waals surface area contributed by atoms with Crippen molar-refractivity contribution in [2.45, 2.75) is 56.6 Å². The summed E-state index contributed by atoms with van der Waals surface area (Å²) in [4.78, 5) is 17.9. The van der Waals surface area contributed by atoms with E-state index in [1.165, 1.54) is 5.56 Å². The summed E-state index contributed by atoms with van der Waals surface area (Å²) < 4.78 is 11.7. The molecular weight excluding hydrogens is 392 g/mol. The molecule has 2 fully saturated rings. The lowest BCUT2D eigenvalue weighted by atomic mass is 9.93. The lowest BCUT2D eigenvalue weighted by molar-refractivity contribution is 0.0852. The lowest BCUT2D eigenvalue weighted by Crippen LogP contribution is -2.31. The van der Waals surface area contributed by atoms with E-state index in [4.69, 9.17) is 15.2 Å². The van der Waals surface area contributed by atoms with Gasteiger partial charge in [0.2, 0.25) is 5.95 Å². The second-order valence-electron chi connectivity index (χ2n) is 8.41. The predicted octanol–water partition coefficient (Wildman–Crippen LogP) is 3.70. The Hall–Kier alpha value is -3.00. The van der Waals surface area contributed by atoms with Gasteiger partial charge in [-0.25, -0.2) is 15.0 Å². The van der Waals surface area contributed by atoms with Crippen LogP contribution >= 0.6 is 0 Å². The van der Waals surface area contributed by atoms with E-state index >= 15 is 0 Å². The molecule has 0 atom stereocenters. The highest BCUT2D eigenvalue weighted by Gasteiger charge is 2.24. The van der Waals surface area contributed by atoms with Gasteiger partial charge in [-0.05, 0) is 56.1 Å². The van der Waals surface area contributed by atoms with Crippen molar-refractivity contribution in [2.75, 3.05) is 24.3 Å². The van der Waals surface area contributed by atoms with Gasteiger partial charge in [-0.2, -0.15) is 0 Å². The Bertz CT molecular complexity index is 1010. The smallest absolute Gasteiger partial charge is 0.222 e. The lowest BCUT2D eigenvalue weighted by Gasteiger charge is -2.29. The SMILES string of the molecule is Nc1cc(OC2CCC(Nc3ncc(C4CCOCC4)cn3)CC2)c2nccnc2c1. The van der Waals surface area contributed by atoms with Gasteiger partial charge in [0.15, 0.2) is 0 Å². The third-order valence-electron chi connectivity index (χ3n) is 6.23. The van der Waals surface area contributed by atoms with E-state index in [9.17, 15) is 0 Å². The quantitative estimate of drug-likeness (QED) is 0.602. The normalized spacial score (nSPS) is 22.3. The number of nitrogens with two attached hydrogens (primary N) is 1. The summed E-state index contributed by atoms with van der Waals surface area (Å²) in [6.07, 6.45) is 13.4. The van der Waals surface area contributed by atoms with Crippen LogP contribution in [0.5, 0.6) is 5.75 Å². The van der Waals surface area contributed by atoms with Crippen molar-refractivity contribution in [1.82, 2.24) is 19.9 Å². The number of hydrogen-bond acceptors (Lipinski definition) is 8. The molecule has 8 heteroatoms. The van der Waals surface area contributed by atoms with Gasteiger partial charge in [-0.15, -0.1) is 0 Å². The third kappa shape index (κ3) is 4.69. The zero-order chi connectivity index (χ0) is 21.0. The van der Waals surface area contributed by atoms with Gasteiger partial charge in [-0.1, -0.05) is 0 Å². The van der Waals surface area contributed by atoms with Gasteiger partial charge in [-0.3, -0.25) is 4.98 Å². The molecule has 0 unspecified atom stereocenters. The van der Waals surface area contributed by atoms with Crippen molar-refractivity contribution in [3.05, 3.63) is 42.5 Å². The molecule has 31 heavy (non-hydrogen) atoms. The fraction of sp³-hybridized carbons (Fsp3) is 0.478. The Labute approximate surface area is 181 Å². The van der Waals surface area contributed by atoms with E-state index in [2.05, 4.69) is 25.3 Å². The maximum atomic E-state index is 6.28. The van der Waals surface area contributed by atoms with E-state index in [1.807, 2.05) is 24.5 Å². The van der Waals surface area contributed by atoms with Crippen molar-refractivity contribution >= 4 is 22.7 Å². The summed E-state index contributed by atoms with van der Waals surface area (Å²) in [6, 6.07) is 4.02. The molecule has 162 valence electrons. The summed E-state index contributed by atoms with van der Waals surface area (Å²) in [6.45, 7) is 1.65. The van der Waals surface area contributed by atoms with Crippen LogP contribution in [0.1, 0.15) is 50.0 Å². The first-order valence-electron chi connectivity index (χ1n) is 11.1. The number of nitrogen functional groups attached to an aromatic ring is 1. The number of nitrogens with zero attached hydrogens (tertiary/aromatic N) is 4. The van der Waals surface area contributed by atoms with Gasteiger partial charge in [0.05, 0.1) is 11.6 Å². The monoisotopic (exact) mass is 420 g/mol. The van der Waals surface area contributed by atoms with Crippen molar-refractivity contribution < 1.29 is 9.47 Å². The fourth-order valence-electron chi connectivity index (χ4n) is 4.49. The second kappa shape index (κ2) is 9.01. The Morgan fingerprint density at radius 2 is 1.65 bits per heavy atom. The molecule has 8 nitrogen and oxygen atoms in total. The number of rotatable bonds is 5. The molecule has 2 aromatic heterocycles. The first-order valence-corrected chi connectivity index (χ1v) is 11.1. The third-order valence-corrected chi connectivity index (χ3v) is 6.23. The minimum atomic E-state index is 0.141. The minimum absolute atomic E-state index is 0.141. The molecule has 2 aliphatic rings. The highest BCUT2D eigenvalue weighted by Crippen LogP contribution is 2.31. The Morgan fingerprint density at radius 1 is 0.903 bits per heavy atom.